The van der Waals surface area contributed by atoms with E-state index >= 15 is 0 Å². The molecule has 1 aromatic rings. The normalized spacial score (nSPS) is 19.8. The van der Waals surface area contributed by atoms with Crippen LogP contribution >= 0.6 is 0 Å². The van der Waals surface area contributed by atoms with Gasteiger partial charge in [0.15, 0.2) is 0 Å². The molecule has 3 nitrogen and oxygen atoms in total. The zero-order chi connectivity index (χ0) is 13.9. The molecule has 0 aromatic carbocycles. The van der Waals surface area contributed by atoms with Crippen molar-refractivity contribution in [1.29, 1.82) is 0 Å². The van der Waals surface area contributed by atoms with Crippen LogP contribution in [0.2, 0.25) is 0 Å². The van der Waals surface area contributed by atoms with Gasteiger partial charge in [-0.25, -0.2) is 0 Å². The van der Waals surface area contributed by atoms with E-state index in [-0.39, 0.29) is 11.5 Å². The second kappa shape index (κ2) is 6.08. The third kappa shape index (κ3) is 2.86. The maximum Gasteiger partial charge on any atom is 0.0651 e. The SMILES string of the molecule is CCc1cc(CC(O)C2(CC)CCCC2)n(CC)n1. The summed E-state index contributed by atoms with van der Waals surface area (Å²) in [5.74, 6) is 0. The van der Waals surface area contributed by atoms with E-state index < -0.39 is 0 Å². The van der Waals surface area contributed by atoms with Crippen LogP contribution in [0.1, 0.15) is 64.3 Å². The third-order valence-corrected chi connectivity index (χ3v) is 4.99. The second-order valence-corrected chi connectivity index (χ2v) is 5.94. The van der Waals surface area contributed by atoms with Crippen molar-refractivity contribution < 1.29 is 5.11 Å². The van der Waals surface area contributed by atoms with Crippen molar-refractivity contribution in [3.05, 3.63) is 17.5 Å². The molecule has 0 amide bonds. The Hall–Kier alpha value is -0.830. The molecule has 19 heavy (non-hydrogen) atoms. The van der Waals surface area contributed by atoms with Gasteiger partial charge in [-0.1, -0.05) is 26.7 Å². The molecule has 1 N–H and O–H groups in total. The van der Waals surface area contributed by atoms with Crippen molar-refractivity contribution >= 4 is 0 Å². The molecule has 0 aliphatic heterocycles. The van der Waals surface area contributed by atoms with Crippen LogP contribution in [0.3, 0.4) is 0 Å². The van der Waals surface area contributed by atoms with E-state index in [2.05, 4.69) is 36.6 Å². The molecule has 108 valence electrons. The predicted molar refractivity (Wildman–Crippen MR) is 78.2 cm³/mol. The molecule has 0 radical (unpaired) electrons. The van der Waals surface area contributed by atoms with Gasteiger partial charge in [0.2, 0.25) is 0 Å². The molecule has 0 bridgehead atoms. The molecule has 1 atom stereocenters. The Labute approximate surface area is 117 Å². The van der Waals surface area contributed by atoms with Crippen LogP contribution < -0.4 is 0 Å². The highest BCUT2D eigenvalue weighted by atomic mass is 16.3. The summed E-state index contributed by atoms with van der Waals surface area (Å²) in [6, 6.07) is 2.17. The number of rotatable bonds is 6. The van der Waals surface area contributed by atoms with Crippen molar-refractivity contribution in [3.63, 3.8) is 0 Å². The molecule has 0 saturated heterocycles. The molecule has 1 aliphatic carbocycles. The fourth-order valence-corrected chi connectivity index (χ4v) is 3.54. The van der Waals surface area contributed by atoms with Crippen LogP contribution in [0.25, 0.3) is 0 Å². The van der Waals surface area contributed by atoms with Crippen molar-refractivity contribution in [2.45, 2.75) is 78.4 Å². The number of aryl methyl sites for hydroxylation is 2. The maximum absolute atomic E-state index is 10.7. The van der Waals surface area contributed by atoms with Gasteiger partial charge in [0.1, 0.15) is 0 Å². The highest BCUT2D eigenvalue weighted by Crippen LogP contribution is 2.44. The molecule has 2 rings (SSSR count). The summed E-state index contributed by atoms with van der Waals surface area (Å²) in [6.07, 6.45) is 7.53. The van der Waals surface area contributed by atoms with Gasteiger partial charge in [-0.15, -0.1) is 0 Å². The highest BCUT2D eigenvalue weighted by Gasteiger charge is 2.39. The highest BCUT2D eigenvalue weighted by molar-refractivity contribution is 5.12. The summed E-state index contributed by atoms with van der Waals surface area (Å²) in [4.78, 5) is 0. The van der Waals surface area contributed by atoms with Gasteiger partial charge in [0.25, 0.3) is 0 Å². The topological polar surface area (TPSA) is 38.0 Å². The molecular weight excluding hydrogens is 236 g/mol. The first kappa shape index (κ1) is 14.6. The number of aliphatic hydroxyl groups is 1. The Morgan fingerprint density at radius 2 is 2.00 bits per heavy atom. The van der Waals surface area contributed by atoms with Crippen molar-refractivity contribution in [1.82, 2.24) is 9.78 Å². The van der Waals surface area contributed by atoms with Crippen LogP contribution in [-0.2, 0) is 19.4 Å². The monoisotopic (exact) mass is 264 g/mol. The lowest BCUT2D eigenvalue weighted by molar-refractivity contribution is 0.0243. The Morgan fingerprint density at radius 1 is 1.32 bits per heavy atom. The quantitative estimate of drug-likeness (QED) is 0.855. The fourth-order valence-electron chi connectivity index (χ4n) is 3.54. The first-order chi connectivity index (χ1) is 9.15. The minimum absolute atomic E-state index is 0.162. The van der Waals surface area contributed by atoms with E-state index in [1.165, 1.54) is 31.4 Å². The lowest BCUT2D eigenvalue weighted by Crippen LogP contribution is -2.34. The van der Waals surface area contributed by atoms with Crippen LogP contribution in [0.4, 0.5) is 0 Å². The minimum Gasteiger partial charge on any atom is -0.392 e. The van der Waals surface area contributed by atoms with Gasteiger partial charge in [0, 0.05) is 18.7 Å². The van der Waals surface area contributed by atoms with Crippen LogP contribution in [0, 0.1) is 5.41 Å². The molecule has 3 heteroatoms. The van der Waals surface area contributed by atoms with Gasteiger partial charge in [-0.2, -0.15) is 5.10 Å². The summed E-state index contributed by atoms with van der Waals surface area (Å²) in [5.41, 5.74) is 2.50. The Kier molecular flexibility index (Phi) is 4.67. The molecule has 1 fully saturated rings. The predicted octanol–water partition coefficient (Wildman–Crippen LogP) is 3.34. The Balaban J connectivity index is 2.13. The van der Waals surface area contributed by atoms with E-state index in [4.69, 9.17) is 0 Å². The van der Waals surface area contributed by atoms with Gasteiger partial charge in [-0.3, -0.25) is 4.68 Å². The lowest BCUT2D eigenvalue weighted by Gasteiger charge is -2.33. The molecular formula is C16H28N2O. The zero-order valence-electron chi connectivity index (χ0n) is 12.7. The average Bonchev–Trinajstić information content (AvgIpc) is 3.05. The fraction of sp³-hybridized carbons (Fsp3) is 0.812. The number of hydrogen-bond acceptors (Lipinski definition) is 2. The Bertz CT molecular complexity index is 405. The maximum atomic E-state index is 10.7. The minimum atomic E-state index is -0.216. The summed E-state index contributed by atoms with van der Waals surface area (Å²) in [5, 5.41) is 15.3. The summed E-state index contributed by atoms with van der Waals surface area (Å²) >= 11 is 0. The first-order valence-corrected chi connectivity index (χ1v) is 7.89. The van der Waals surface area contributed by atoms with E-state index in [0.717, 1.165) is 31.5 Å². The molecule has 1 unspecified atom stereocenters. The molecule has 1 saturated carbocycles. The Morgan fingerprint density at radius 3 is 2.53 bits per heavy atom. The molecule has 1 aliphatic rings. The standard InChI is InChI=1S/C16H28N2O/c1-4-13-11-14(18(6-3)17-13)12-15(19)16(5-2)9-7-8-10-16/h11,15,19H,4-10,12H2,1-3H3. The van der Waals surface area contributed by atoms with E-state index in [0.29, 0.717) is 0 Å². The molecule has 1 heterocycles. The number of nitrogens with zero attached hydrogens (tertiary/aromatic N) is 2. The number of hydrogen-bond donors (Lipinski definition) is 1. The average molecular weight is 264 g/mol. The summed E-state index contributed by atoms with van der Waals surface area (Å²) in [6.45, 7) is 7.37. The number of aliphatic hydroxyl groups excluding tert-OH is 1. The van der Waals surface area contributed by atoms with Gasteiger partial charge in [-0.05, 0) is 44.1 Å². The van der Waals surface area contributed by atoms with Crippen LogP contribution in [-0.4, -0.2) is 21.0 Å². The molecule has 1 aromatic heterocycles. The van der Waals surface area contributed by atoms with Gasteiger partial charge in [0.05, 0.1) is 11.8 Å². The lowest BCUT2D eigenvalue weighted by atomic mass is 9.76. The van der Waals surface area contributed by atoms with Crippen LogP contribution in [0.15, 0.2) is 6.07 Å². The largest absolute Gasteiger partial charge is 0.392 e. The smallest absolute Gasteiger partial charge is 0.0651 e. The van der Waals surface area contributed by atoms with Gasteiger partial charge < -0.3 is 5.11 Å². The molecule has 0 spiro atoms. The van der Waals surface area contributed by atoms with Crippen molar-refractivity contribution in [2.24, 2.45) is 5.41 Å². The van der Waals surface area contributed by atoms with E-state index in [9.17, 15) is 5.11 Å². The van der Waals surface area contributed by atoms with Crippen molar-refractivity contribution in [3.8, 4) is 0 Å². The zero-order valence-corrected chi connectivity index (χ0v) is 12.7. The van der Waals surface area contributed by atoms with Crippen LogP contribution in [0.5, 0.6) is 0 Å². The van der Waals surface area contributed by atoms with Gasteiger partial charge >= 0.3 is 0 Å². The number of aromatic nitrogens is 2. The van der Waals surface area contributed by atoms with E-state index in [1.54, 1.807) is 0 Å². The van der Waals surface area contributed by atoms with Crippen molar-refractivity contribution in [2.75, 3.05) is 0 Å². The third-order valence-electron chi connectivity index (χ3n) is 4.99. The first-order valence-electron chi connectivity index (χ1n) is 7.89. The van der Waals surface area contributed by atoms with E-state index in [1.807, 2.05) is 0 Å². The summed E-state index contributed by atoms with van der Waals surface area (Å²) < 4.78 is 2.06. The second-order valence-electron chi connectivity index (χ2n) is 5.94. The summed E-state index contributed by atoms with van der Waals surface area (Å²) in [7, 11) is 0.